The van der Waals surface area contributed by atoms with Crippen LogP contribution in [0.1, 0.15) is 63.4 Å². The van der Waals surface area contributed by atoms with E-state index in [2.05, 4.69) is 17.1 Å². The molecule has 4 aliphatic rings. The Labute approximate surface area is 216 Å². The number of aromatic nitrogens is 1. The van der Waals surface area contributed by atoms with Crippen LogP contribution in [0.25, 0.3) is 11.1 Å². The predicted molar refractivity (Wildman–Crippen MR) is 139 cm³/mol. The number of ketones is 1. The molecular weight excluding hydrogens is 468 g/mol. The maximum atomic E-state index is 15.3. The number of alkyl halides is 2. The van der Waals surface area contributed by atoms with Crippen LogP contribution in [-0.4, -0.2) is 27.4 Å². The number of hydrogen-bond donors (Lipinski definition) is 1. The standard InChI is InChI=1S/C32H31F2NO2/c1-3-32(33,34)31(37)15-14-28-26-12-10-20-17-22(36)11-13-24(20)29(26)27(18-30(28,31)2)25-9-5-4-8-23(25)21-7-6-16-35-19-21/h1,4-9,16-17,19,26-28,37H,10-15,18H2,2H3/t26?,27-,28?,30+,31+/m1/s1. The molecule has 0 radical (unpaired) electrons. The number of fused-ring (bicyclic) bond motifs is 4. The third kappa shape index (κ3) is 3.42. The molecule has 0 spiro atoms. The van der Waals surface area contributed by atoms with Gasteiger partial charge in [0.05, 0.1) is 0 Å². The third-order valence-corrected chi connectivity index (χ3v) is 9.90. The van der Waals surface area contributed by atoms with E-state index in [9.17, 15) is 9.90 Å². The van der Waals surface area contributed by atoms with Crippen molar-refractivity contribution in [1.29, 1.82) is 0 Å². The maximum absolute atomic E-state index is 15.3. The summed E-state index contributed by atoms with van der Waals surface area (Å²) in [6, 6.07) is 12.0. The zero-order valence-electron chi connectivity index (χ0n) is 21.0. The zero-order chi connectivity index (χ0) is 26.0. The van der Waals surface area contributed by atoms with Crippen molar-refractivity contribution in [3.63, 3.8) is 0 Å². The lowest BCUT2D eigenvalue weighted by Crippen LogP contribution is -2.60. The number of hydrogen-bond acceptors (Lipinski definition) is 3. The highest BCUT2D eigenvalue weighted by Gasteiger charge is 2.71. The number of rotatable bonds is 3. The van der Waals surface area contributed by atoms with Gasteiger partial charge in [-0.2, -0.15) is 8.78 Å². The number of halogens is 2. The molecule has 1 aromatic carbocycles. The second kappa shape index (κ2) is 8.46. The number of nitrogens with zero attached hydrogens (tertiary/aromatic N) is 1. The van der Waals surface area contributed by atoms with Gasteiger partial charge < -0.3 is 5.11 Å². The molecule has 6 rings (SSSR count). The number of terminal acetylenes is 1. The van der Waals surface area contributed by atoms with Crippen LogP contribution >= 0.6 is 0 Å². The van der Waals surface area contributed by atoms with Gasteiger partial charge in [-0.05, 0) is 90.7 Å². The van der Waals surface area contributed by atoms with Crippen LogP contribution in [0, 0.1) is 29.6 Å². The molecule has 1 heterocycles. The van der Waals surface area contributed by atoms with E-state index in [1.54, 1.807) is 18.2 Å². The van der Waals surface area contributed by atoms with E-state index in [4.69, 9.17) is 6.42 Å². The van der Waals surface area contributed by atoms with Gasteiger partial charge in [0.25, 0.3) is 0 Å². The first-order valence-electron chi connectivity index (χ1n) is 13.2. The summed E-state index contributed by atoms with van der Waals surface area (Å²) in [4.78, 5) is 16.6. The van der Waals surface area contributed by atoms with Gasteiger partial charge in [-0.3, -0.25) is 9.78 Å². The molecule has 2 aromatic rings. The first kappa shape index (κ1) is 24.2. The summed E-state index contributed by atoms with van der Waals surface area (Å²) >= 11 is 0. The summed E-state index contributed by atoms with van der Waals surface area (Å²) < 4.78 is 30.6. The molecule has 2 fully saturated rings. The molecular formula is C32H31F2NO2. The Morgan fingerprint density at radius 3 is 2.70 bits per heavy atom. The first-order valence-corrected chi connectivity index (χ1v) is 13.2. The van der Waals surface area contributed by atoms with Crippen LogP contribution in [0.5, 0.6) is 0 Å². The van der Waals surface area contributed by atoms with Crippen LogP contribution in [0.3, 0.4) is 0 Å². The molecule has 3 nitrogen and oxygen atoms in total. The molecule has 37 heavy (non-hydrogen) atoms. The molecule has 190 valence electrons. The van der Waals surface area contributed by atoms with Crippen molar-refractivity contribution < 1.29 is 18.7 Å². The van der Waals surface area contributed by atoms with E-state index >= 15 is 8.78 Å². The highest BCUT2D eigenvalue weighted by atomic mass is 19.3. The van der Waals surface area contributed by atoms with Gasteiger partial charge in [-0.25, -0.2) is 0 Å². The number of pyridine rings is 1. The predicted octanol–water partition coefficient (Wildman–Crippen LogP) is 6.65. The summed E-state index contributed by atoms with van der Waals surface area (Å²) in [7, 11) is 0. The Kier molecular flexibility index (Phi) is 5.55. The highest BCUT2D eigenvalue weighted by Crippen LogP contribution is 2.69. The van der Waals surface area contributed by atoms with Crippen molar-refractivity contribution in [2.45, 2.75) is 69.3 Å². The number of benzene rings is 1. The first-order chi connectivity index (χ1) is 17.7. The summed E-state index contributed by atoms with van der Waals surface area (Å²) in [5.74, 6) is -2.02. The third-order valence-electron chi connectivity index (χ3n) is 9.90. The van der Waals surface area contributed by atoms with Crippen LogP contribution in [0.2, 0.25) is 0 Å². The minimum Gasteiger partial charge on any atom is -0.382 e. The van der Waals surface area contributed by atoms with Gasteiger partial charge >= 0.3 is 5.92 Å². The van der Waals surface area contributed by atoms with Gasteiger partial charge in [0.15, 0.2) is 5.78 Å². The van der Waals surface area contributed by atoms with Crippen molar-refractivity contribution in [2.24, 2.45) is 17.3 Å². The average molecular weight is 500 g/mol. The summed E-state index contributed by atoms with van der Waals surface area (Å²) in [6.07, 6.45) is 14.3. The minimum atomic E-state index is -3.62. The number of allylic oxidation sites excluding steroid dienone is 4. The number of carbonyl (C=O) groups excluding carboxylic acids is 1. The molecule has 1 N–H and O–H groups in total. The van der Waals surface area contributed by atoms with E-state index in [-0.39, 0.29) is 30.0 Å². The van der Waals surface area contributed by atoms with Crippen LogP contribution in [0.4, 0.5) is 8.78 Å². The molecule has 0 saturated heterocycles. The van der Waals surface area contributed by atoms with Crippen LogP contribution in [0.15, 0.2) is 71.6 Å². The fraction of sp³-hybridized carbons (Fsp3) is 0.438. The quantitative estimate of drug-likeness (QED) is 0.481. The van der Waals surface area contributed by atoms with E-state index < -0.39 is 16.9 Å². The second-order valence-electron chi connectivity index (χ2n) is 11.4. The lowest BCUT2D eigenvalue weighted by atomic mass is 9.50. The summed E-state index contributed by atoms with van der Waals surface area (Å²) in [6.45, 7) is 1.84. The molecule has 5 atom stereocenters. The van der Waals surface area contributed by atoms with Crippen molar-refractivity contribution in [3.05, 3.63) is 77.2 Å². The Morgan fingerprint density at radius 2 is 1.95 bits per heavy atom. The molecule has 2 unspecified atom stereocenters. The lowest BCUT2D eigenvalue weighted by Gasteiger charge is -2.55. The van der Waals surface area contributed by atoms with Gasteiger partial charge in [-0.1, -0.05) is 42.8 Å². The fourth-order valence-corrected chi connectivity index (χ4v) is 8.17. The Morgan fingerprint density at radius 1 is 1.14 bits per heavy atom. The summed E-state index contributed by atoms with van der Waals surface area (Å²) in [5, 5.41) is 11.7. The van der Waals surface area contributed by atoms with Crippen LogP contribution < -0.4 is 0 Å². The van der Waals surface area contributed by atoms with Crippen molar-refractivity contribution in [1.82, 2.24) is 4.98 Å². The van der Waals surface area contributed by atoms with Crippen LogP contribution in [-0.2, 0) is 4.79 Å². The molecule has 0 aliphatic heterocycles. The van der Waals surface area contributed by atoms with E-state index in [0.29, 0.717) is 25.7 Å². The lowest BCUT2D eigenvalue weighted by molar-refractivity contribution is -0.209. The topological polar surface area (TPSA) is 50.2 Å². The number of aliphatic hydroxyl groups is 1. The Hall–Kier alpha value is -3.10. The SMILES string of the molecule is C#CC(F)(F)[C@]1(O)CCC2C3CCC4=CC(=O)CCC4=C3[C@@H](c3ccccc3-c3cccnc3)C[C@@]21C. The van der Waals surface area contributed by atoms with E-state index in [1.165, 1.54) is 11.1 Å². The van der Waals surface area contributed by atoms with Gasteiger partial charge in [0.2, 0.25) is 0 Å². The van der Waals surface area contributed by atoms with Crippen molar-refractivity contribution in [3.8, 4) is 23.5 Å². The molecule has 4 aliphatic carbocycles. The smallest absolute Gasteiger partial charge is 0.336 e. The minimum absolute atomic E-state index is 0.0113. The molecule has 2 saturated carbocycles. The largest absolute Gasteiger partial charge is 0.382 e. The fourth-order valence-electron chi connectivity index (χ4n) is 8.17. The average Bonchev–Trinajstić information content (AvgIpc) is 3.20. The van der Waals surface area contributed by atoms with E-state index in [1.807, 2.05) is 37.4 Å². The normalized spacial score (nSPS) is 33.2. The zero-order valence-corrected chi connectivity index (χ0v) is 21.0. The van der Waals surface area contributed by atoms with Crippen molar-refractivity contribution >= 4 is 5.78 Å². The monoisotopic (exact) mass is 499 g/mol. The Bertz CT molecular complexity index is 1370. The maximum Gasteiger partial charge on any atom is 0.336 e. The molecule has 0 amide bonds. The second-order valence-corrected chi connectivity index (χ2v) is 11.4. The van der Waals surface area contributed by atoms with Gasteiger partial charge in [-0.15, -0.1) is 6.42 Å². The molecule has 5 heteroatoms. The van der Waals surface area contributed by atoms with E-state index in [0.717, 1.165) is 35.1 Å². The number of carbonyl (C=O) groups is 1. The van der Waals surface area contributed by atoms with Gasteiger partial charge in [0.1, 0.15) is 5.60 Å². The molecule has 0 bridgehead atoms. The highest BCUT2D eigenvalue weighted by molar-refractivity contribution is 5.93. The van der Waals surface area contributed by atoms with Crippen molar-refractivity contribution in [2.75, 3.05) is 0 Å². The molecule has 1 aromatic heterocycles. The Balaban J connectivity index is 1.59. The summed E-state index contributed by atoms with van der Waals surface area (Å²) in [5.41, 5.74) is 3.35. The van der Waals surface area contributed by atoms with Gasteiger partial charge in [0, 0.05) is 35.7 Å².